The van der Waals surface area contributed by atoms with E-state index in [1.165, 1.54) is 12.8 Å². The molecule has 0 aromatic heterocycles. The van der Waals surface area contributed by atoms with E-state index in [1.54, 1.807) is 0 Å². The topological polar surface area (TPSA) is 46.5 Å². The maximum Gasteiger partial charge on any atom is 0.309 e. The molecular formula is C13H24O3. The zero-order valence-electron chi connectivity index (χ0n) is 10.3. The molecule has 0 aromatic carbocycles. The molecule has 16 heavy (non-hydrogen) atoms. The molecule has 1 N–H and O–H groups in total. The molecular weight excluding hydrogens is 204 g/mol. The van der Waals surface area contributed by atoms with Crippen LogP contribution in [0.5, 0.6) is 0 Å². The Morgan fingerprint density at radius 3 is 2.69 bits per heavy atom. The van der Waals surface area contributed by atoms with Crippen molar-refractivity contribution in [3.63, 3.8) is 0 Å². The highest BCUT2D eigenvalue weighted by Crippen LogP contribution is 2.28. The van der Waals surface area contributed by atoms with E-state index in [0.29, 0.717) is 0 Å². The molecule has 2 unspecified atom stereocenters. The zero-order valence-corrected chi connectivity index (χ0v) is 10.3. The van der Waals surface area contributed by atoms with E-state index >= 15 is 0 Å². The smallest absolute Gasteiger partial charge is 0.309 e. The number of cyclic esters (lactones) is 1. The van der Waals surface area contributed by atoms with Crippen LogP contribution in [0.2, 0.25) is 0 Å². The van der Waals surface area contributed by atoms with Crippen molar-refractivity contribution in [2.75, 3.05) is 6.61 Å². The largest absolute Gasteiger partial charge is 0.462 e. The molecule has 3 heteroatoms. The van der Waals surface area contributed by atoms with Crippen molar-refractivity contribution in [2.24, 2.45) is 5.92 Å². The number of rotatable bonds is 8. The van der Waals surface area contributed by atoms with Gasteiger partial charge in [-0.3, -0.25) is 4.79 Å². The third-order valence-corrected chi connectivity index (χ3v) is 3.25. The minimum absolute atomic E-state index is 0.0144. The minimum Gasteiger partial charge on any atom is -0.462 e. The molecule has 0 saturated carbocycles. The van der Waals surface area contributed by atoms with Crippen molar-refractivity contribution >= 4 is 5.97 Å². The Hall–Kier alpha value is -0.570. The number of aliphatic hydroxyl groups excluding tert-OH is 1. The van der Waals surface area contributed by atoms with Crippen LogP contribution in [0.1, 0.15) is 58.3 Å². The van der Waals surface area contributed by atoms with Gasteiger partial charge in [0.05, 0.1) is 5.92 Å². The van der Waals surface area contributed by atoms with Crippen molar-refractivity contribution in [1.29, 1.82) is 0 Å². The number of hydrogen-bond acceptors (Lipinski definition) is 3. The number of unbranched alkanes of at least 4 members (excludes halogenated alkanes) is 3. The molecule has 1 aliphatic rings. The molecule has 94 valence electrons. The van der Waals surface area contributed by atoms with Gasteiger partial charge in [-0.1, -0.05) is 26.2 Å². The zero-order chi connectivity index (χ0) is 11.8. The standard InChI is InChI=1S/C13H24O3/c1-2-3-4-8-12-10-11(13(15)16-12)7-5-6-9-14/h11-12,14H,2-10H2,1H3. The molecule has 1 aliphatic heterocycles. The molecule has 0 spiro atoms. The molecule has 1 saturated heterocycles. The Morgan fingerprint density at radius 2 is 2.00 bits per heavy atom. The number of carbonyl (C=O) groups excluding carboxylic acids is 1. The van der Waals surface area contributed by atoms with E-state index < -0.39 is 0 Å². The molecule has 0 aromatic rings. The lowest BCUT2D eigenvalue weighted by Gasteiger charge is -2.07. The molecule has 1 heterocycles. The van der Waals surface area contributed by atoms with Crippen LogP contribution in [0, 0.1) is 5.92 Å². The molecule has 1 fully saturated rings. The van der Waals surface area contributed by atoms with E-state index in [2.05, 4.69) is 6.92 Å². The van der Waals surface area contributed by atoms with E-state index in [4.69, 9.17) is 9.84 Å². The molecule has 0 radical (unpaired) electrons. The normalized spacial score (nSPS) is 24.8. The first kappa shape index (κ1) is 13.5. The number of carbonyl (C=O) groups is 1. The lowest BCUT2D eigenvalue weighted by atomic mass is 9.96. The summed E-state index contributed by atoms with van der Waals surface area (Å²) in [6.07, 6.45) is 8.29. The molecule has 2 atom stereocenters. The fraction of sp³-hybridized carbons (Fsp3) is 0.923. The summed E-state index contributed by atoms with van der Waals surface area (Å²) >= 11 is 0. The van der Waals surface area contributed by atoms with Crippen LogP contribution in [0.15, 0.2) is 0 Å². The lowest BCUT2D eigenvalue weighted by Crippen LogP contribution is -2.07. The van der Waals surface area contributed by atoms with E-state index in [9.17, 15) is 4.79 Å². The summed E-state index contributed by atoms with van der Waals surface area (Å²) < 4.78 is 5.35. The van der Waals surface area contributed by atoms with Gasteiger partial charge in [0.15, 0.2) is 0 Å². The Morgan fingerprint density at radius 1 is 1.25 bits per heavy atom. The summed E-state index contributed by atoms with van der Waals surface area (Å²) in [6.45, 7) is 2.40. The number of hydrogen-bond donors (Lipinski definition) is 1. The highest BCUT2D eigenvalue weighted by atomic mass is 16.5. The van der Waals surface area contributed by atoms with Crippen LogP contribution in [-0.2, 0) is 9.53 Å². The molecule has 1 rings (SSSR count). The van der Waals surface area contributed by atoms with Crippen molar-refractivity contribution in [3.8, 4) is 0 Å². The summed E-state index contributed by atoms with van der Waals surface area (Å²) in [5.41, 5.74) is 0. The average Bonchev–Trinajstić information content (AvgIpc) is 2.61. The summed E-state index contributed by atoms with van der Waals surface area (Å²) in [5, 5.41) is 8.69. The molecule has 0 aliphatic carbocycles. The first-order chi connectivity index (χ1) is 7.77. The Kier molecular flexibility index (Phi) is 6.46. The van der Waals surface area contributed by atoms with Crippen LogP contribution in [0.3, 0.4) is 0 Å². The third-order valence-electron chi connectivity index (χ3n) is 3.25. The number of esters is 1. The van der Waals surface area contributed by atoms with Gasteiger partial charge in [-0.15, -0.1) is 0 Å². The monoisotopic (exact) mass is 228 g/mol. The van der Waals surface area contributed by atoms with Crippen molar-refractivity contribution in [1.82, 2.24) is 0 Å². The van der Waals surface area contributed by atoms with Gasteiger partial charge < -0.3 is 9.84 Å². The summed E-state index contributed by atoms with van der Waals surface area (Å²) in [4.78, 5) is 11.5. The Labute approximate surface area is 98.2 Å². The summed E-state index contributed by atoms with van der Waals surface area (Å²) in [7, 11) is 0. The lowest BCUT2D eigenvalue weighted by molar-refractivity contribution is -0.144. The first-order valence-corrected chi connectivity index (χ1v) is 6.59. The predicted octanol–water partition coefficient (Wildman–Crippen LogP) is 2.66. The second-order valence-electron chi connectivity index (χ2n) is 4.71. The minimum atomic E-state index is -0.0144. The molecule has 3 nitrogen and oxygen atoms in total. The van der Waals surface area contributed by atoms with Gasteiger partial charge >= 0.3 is 5.97 Å². The van der Waals surface area contributed by atoms with Crippen molar-refractivity contribution < 1.29 is 14.6 Å². The second kappa shape index (κ2) is 7.66. The second-order valence-corrected chi connectivity index (χ2v) is 4.71. The van der Waals surface area contributed by atoms with Gasteiger partial charge in [-0.2, -0.15) is 0 Å². The van der Waals surface area contributed by atoms with Gasteiger partial charge in [0.1, 0.15) is 6.10 Å². The quantitative estimate of drug-likeness (QED) is 0.513. The van der Waals surface area contributed by atoms with Crippen molar-refractivity contribution in [2.45, 2.75) is 64.4 Å². The number of aliphatic hydroxyl groups is 1. The van der Waals surface area contributed by atoms with Gasteiger partial charge in [-0.25, -0.2) is 0 Å². The maximum absolute atomic E-state index is 11.5. The maximum atomic E-state index is 11.5. The van der Waals surface area contributed by atoms with E-state index in [-0.39, 0.29) is 24.6 Å². The van der Waals surface area contributed by atoms with Gasteiger partial charge in [0.2, 0.25) is 0 Å². The summed E-state index contributed by atoms with van der Waals surface area (Å²) in [5.74, 6) is 0.0811. The fourth-order valence-electron chi connectivity index (χ4n) is 2.26. The van der Waals surface area contributed by atoms with Crippen LogP contribution < -0.4 is 0 Å². The highest BCUT2D eigenvalue weighted by molar-refractivity contribution is 5.74. The van der Waals surface area contributed by atoms with Crippen LogP contribution in [0.4, 0.5) is 0 Å². The third kappa shape index (κ3) is 4.52. The van der Waals surface area contributed by atoms with Gasteiger partial charge in [0, 0.05) is 6.61 Å². The Bertz CT molecular complexity index is 203. The average molecular weight is 228 g/mol. The van der Waals surface area contributed by atoms with Crippen LogP contribution >= 0.6 is 0 Å². The molecule has 0 amide bonds. The van der Waals surface area contributed by atoms with Crippen LogP contribution in [0.25, 0.3) is 0 Å². The highest BCUT2D eigenvalue weighted by Gasteiger charge is 2.33. The van der Waals surface area contributed by atoms with Crippen LogP contribution in [-0.4, -0.2) is 23.8 Å². The van der Waals surface area contributed by atoms with E-state index in [1.807, 2.05) is 0 Å². The summed E-state index contributed by atoms with van der Waals surface area (Å²) in [6, 6.07) is 0. The molecule has 0 bridgehead atoms. The predicted molar refractivity (Wildman–Crippen MR) is 63.1 cm³/mol. The van der Waals surface area contributed by atoms with Gasteiger partial charge in [0.25, 0.3) is 0 Å². The number of ether oxygens (including phenoxy) is 1. The SMILES string of the molecule is CCCCCC1CC(CCCCO)C(=O)O1. The van der Waals surface area contributed by atoms with Crippen molar-refractivity contribution in [3.05, 3.63) is 0 Å². The first-order valence-electron chi connectivity index (χ1n) is 6.59. The Balaban J connectivity index is 2.16. The van der Waals surface area contributed by atoms with Gasteiger partial charge in [-0.05, 0) is 32.1 Å². The van der Waals surface area contributed by atoms with E-state index in [0.717, 1.165) is 38.5 Å². The fourth-order valence-corrected chi connectivity index (χ4v) is 2.26.